The molecule has 0 bridgehead atoms. The average molecular weight is 510 g/mol. The molecule has 1 saturated carbocycles. The number of hydrogen-bond donors (Lipinski definition) is 1. The predicted molar refractivity (Wildman–Crippen MR) is 128 cm³/mol. The highest BCUT2D eigenvalue weighted by Crippen LogP contribution is 2.33. The molecular weight excluding hydrogens is 479 g/mol. The van der Waals surface area contributed by atoms with Gasteiger partial charge in [0.1, 0.15) is 0 Å². The fourth-order valence-corrected chi connectivity index (χ4v) is 5.51. The third kappa shape index (κ3) is 6.76. The summed E-state index contributed by atoms with van der Waals surface area (Å²) in [5.41, 5.74) is 0.0812. The number of hydrogen-bond acceptors (Lipinski definition) is 4. The predicted octanol–water partition coefficient (Wildman–Crippen LogP) is 5.02. The molecule has 0 radical (unpaired) electrons. The molecule has 0 atom stereocenters. The molecule has 10 heteroatoms. The zero-order valence-corrected chi connectivity index (χ0v) is 20.4. The van der Waals surface area contributed by atoms with Gasteiger partial charge < -0.3 is 10.2 Å². The molecule has 2 aliphatic rings. The molecule has 2 aromatic rings. The number of likely N-dealkylation sites (tertiary alicyclic amines) is 1. The van der Waals surface area contributed by atoms with Gasteiger partial charge in [-0.15, -0.1) is 0 Å². The van der Waals surface area contributed by atoms with Crippen molar-refractivity contribution in [3.8, 4) is 0 Å². The van der Waals surface area contributed by atoms with E-state index in [9.17, 15) is 26.4 Å². The smallest absolute Gasteiger partial charge is 0.321 e. The van der Waals surface area contributed by atoms with E-state index in [2.05, 4.69) is 10.2 Å². The minimum atomic E-state index is -4.48. The first-order chi connectivity index (χ1) is 16.5. The lowest BCUT2D eigenvalue weighted by atomic mass is 10.0. The molecule has 4 rings (SSSR count). The van der Waals surface area contributed by atoms with Crippen LogP contribution < -0.4 is 5.32 Å². The second-order valence-electron chi connectivity index (χ2n) is 9.49. The average Bonchev–Trinajstić information content (AvgIpc) is 3.62. The Morgan fingerprint density at radius 3 is 2.37 bits per heavy atom. The molecular formula is C25H30F3N3O3S. The molecule has 0 spiro atoms. The van der Waals surface area contributed by atoms with Gasteiger partial charge >= 0.3 is 12.2 Å². The Hall–Kier alpha value is -2.59. The lowest BCUT2D eigenvalue weighted by Gasteiger charge is -2.39. The van der Waals surface area contributed by atoms with Crippen molar-refractivity contribution in [1.82, 2.24) is 9.80 Å². The van der Waals surface area contributed by atoms with Gasteiger partial charge in [0.15, 0.2) is 9.84 Å². The van der Waals surface area contributed by atoms with Crippen molar-refractivity contribution in [1.29, 1.82) is 0 Å². The van der Waals surface area contributed by atoms with Crippen LogP contribution in [0.15, 0.2) is 53.4 Å². The standard InChI is InChI=1S/C25H30F3N3O3S/c1-35(33,34)23-8-3-2-5-19(23)17-30-13-11-22(12-14-30)31(16-18-9-10-18)24(32)29-21-7-4-6-20(15-21)25(26,27)28/h2-8,15,18,22H,9-14,16-17H2,1H3,(H,29,32). The Balaban J connectivity index is 1.40. The molecule has 1 N–H and O–H groups in total. The zero-order chi connectivity index (χ0) is 25.2. The van der Waals surface area contributed by atoms with Crippen molar-refractivity contribution in [3.05, 3.63) is 59.7 Å². The van der Waals surface area contributed by atoms with Crippen LogP contribution in [0.5, 0.6) is 0 Å². The van der Waals surface area contributed by atoms with Gasteiger partial charge in [-0.2, -0.15) is 13.2 Å². The summed E-state index contributed by atoms with van der Waals surface area (Å²) in [5.74, 6) is 0.432. The molecule has 6 nitrogen and oxygen atoms in total. The van der Waals surface area contributed by atoms with E-state index in [4.69, 9.17) is 0 Å². The number of piperidine rings is 1. The van der Waals surface area contributed by atoms with Crippen LogP contribution in [0.2, 0.25) is 0 Å². The summed E-state index contributed by atoms with van der Waals surface area (Å²) in [5, 5.41) is 2.67. The van der Waals surface area contributed by atoms with E-state index in [-0.39, 0.29) is 17.8 Å². The minimum Gasteiger partial charge on any atom is -0.321 e. The normalized spacial score (nSPS) is 17.8. The number of anilines is 1. The molecule has 0 aromatic heterocycles. The molecule has 2 amide bonds. The maximum absolute atomic E-state index is 13.1. The van der Waals surface area contributed by atoms with Crippen LogP contribution in [0.25, 0.3) is 0 Å². The van der Waals surface area contributed by atoms with E-state index in [1.165, 1.54) is 18.4 Å². The lowest BCUT2D eigenvalue weighted by Crippen LogP contribution is -2.49. The number of carbonyl (C=O) groups is 1. The molecule has 2 fully saturated rings. The summed E-state index contributed by atoms with van der Waals surface area (Å²) >= 11 is 0. The fraction of sp³-hybridized carbons (Fsp3) is 0.480. The van der Waals surface area contributed by atoms with E-state index in [1.54, 1.807) is 17.0 Å². The summed E-state index contributed by atoms with van der Waals surface area (Å²) in [6.07, 6.45) is 0.254. The number of benzene rings is 2. The SMILES string of the molecule is CS(=O)(=O)c1ccccc1CN1CCC(N(CC2CC2)C(=O)Nc2cccc(C(F)(F)F)c2)CC1. The fourth-order valence-electron chi connectivity index (χ4n) is 4.57. The van der Waals surface area contributed by atoms with Crippen LogP contribution in [0.4, 0.5) is 23.7 Å². The second-order valence-corrected chi connectivity index (χ2v) is 11.5. The van der Waals surface area contributed by atoms with Crippen molar-refractivity contribution >= 4 is 21.6 Å². The number of sulfone groups is 1. The van der Waals surface area contributed by atoms with E-state index < -0.39 is 21.6 Å². The number of nitrogens with one attached hydrogen (secondary N) is 1. The molecule has 2 aromatic carbocycles. The van der Waals surface area contributed by atoms with E-state index >= 15 is 0 Å². The first-order valence-corrected chi connectivity index (χ1v) is 13.6. The van der Waals surface area contributed by atoms with Crippen LogP contribution in [-0.4, -0.2) is 56.2 Å². The van der Waals surface area contributed by atoms with Crippen LogP contribution in [0.3, 0.4) is 0 Å². The van der Waals surface area contributed by atoms with Crippen molar-refractivity contribution in [2.75, 3.05) is 31.2 Å². The van der Waals surface area contributed by atoms with Gasteiger partial charge in [0.2, 0.25) is 0 Å². The van der Waals surface area contributed by atoms with Gasteiger partial charge in [-0.1, -0.05) is 24.3 Å². The molecule has 190 valence electrons. The molecule has 1 aliphatic heterocycles. The van der Waals surface area contributed by atoms with Crippen molar-refractivity contribution in [2.24, 2.45) is 5.92 Å². The largest absolute Gasteiger partial charge is 0.416 e. The number of alkyl halides is 3. The molecule has 0 unspecified atom stereocenters. The molecule has 1 aliphatic carbocycles. The van der Waals surface area contributed by atoms with Crippen LogP contribution in [0.1, 0.15) is 36.8 Å². The first-order valence-electron chi connectivity index (χ1n) is 11.8. The topological polar surface area (TPSA) is 69.7 Å². The highest BCUT2D eigenvalue weighted by Gasteiger charge is 2.34. The highest BCUT2D eigenvalue weighted by molar-refractivity contribution is 7.90. The molecule has 35 heavy (non-hydrogen) atoms. The molecule has 1 heterocycles. The summed E-state index contributed by atoms with van der Waals surface area (Å²) in [4.78, 5) is 17.4. The lowest BCUT2D eigenvalue weighted by molar-refractivity contribution is -0.137. The second kappa shape index (κ2) is 10.2. The number of halogens is 3. The zero-order valence-electron chi connectivity index (χ0n) is 19.6. The molecule has 1 saturated heterocycles. The monoisotopic (exact) mass is 509 g/mol. The summed E-state index contributed by atoms with van der Waals surface area (Å²) in [7, 11) is -3.33. The number of amides is 2. The summed E-state index contributed by atoms with van der Waals surface area (Å²) < 4.78 is 63.4. The maximum atomic E-state index is 13.1. The van der Waals surface area contributed by atoms with Gasteiger partial charge in [0, 0.05) is 44.2 Å². The van der Waals surface area contributed by atoms with Crippen molar-refractivity contribution in [3.63, 3.8) is 0 Å². The Kier molecular flexibility index (Phi) is 7.42. The van der Waals surface area contributed by atoms with Crippen LogP contribution in [-0.2, 0) is 22.6 Å². The number of rotatable bonds is 7. The van der Waals surface area contributed by atoms with E-state index in [0.717, 1.165) is 30.5 Å². The van der Waals surface area contributed by atoms with Gasteiger partial charge in [0.05, 0.1) is 10.5 Å². The van der Waals surface area contributed by atoms with Gasteiger partial charge in [-0.3, -0.25) is 4.90 Å². The Bertz CT molecular complexity index is 1160. The van der Waals surface area contributed by atoms with Crippen LogP contribution in [0, 0.1) is 5.92 Å². The highest BCUT2D eigenvalue weighted by atomic mass is 32.2. The van der Waals surface area contributed by atoms with E-state index in [0.29, 0.717) is 49.8 Å². The minimum absolute atomic E-state index is 0.0252. The summed E-state index contributed by atoms with van der Waals surface area (Å²) in [6.45, 7) is 2.49. The van der Waals surface area contributed by atoms with Crippen molar-refractivity contribution in [2.45, 2.75) is 49.3 Å². The Morgan fingerprint density at radius 1 is 1.06 bits per heavy atom. The van der Waals surface area contributed by atoms with Crippen molar-refractivity contribution < 1.29 is 26.4 Å². The van der Waals surface area contributed by atoms with Gasteiger partial charge in [-0.25, -0.2) is 13.2 Å². The van der Waals surface area contributed by atoms with Gasteiger partial charge in [0.25, 0.3) is 0 Å². The first kappa shape index (κ1) is 25.5. The number of nitrogens with zero attached hydrogens (tertiary/aromatic N) is 2. The Morgan fingerprint density at radius 2 is 1.74 bits per heavy atom. The maximum Gasteiger partial charge on any atom is 0.416 e. The third-order valence-electron chi connectivity index (χ3n) is 6.62. The number of urea groups is 1. The summed E-state index contributed by atoms with van der Waals surface area (Å²) in [6, 6.07) is 11.3. The van der Waals surface area contributed by atoms with Crippen LogP contribution >= 0.6 is 0 Å². The Labute approximate surface area is 204 Å². The van der Waals surface area contributed by atoms with E-state index in [1.807, 2.05) is 12.1 Å². The van der Waals surface area contributed by atoms with Gasteiger partial charge in [-0.05, 0) is 61.4 Å². The third-order valence-corrected chi connectivity index (χ3v) is 7.81. The quantitative estimate of drug-likeness (QED) is 0.569. The number of carbonyl (C=O) groups excluding carboxylic acids is 1.